The summed E-state index contributed by atoms with van der Waals surface area (Å²) in [7, 11) is 0. The number of carbonyl (C=O) groups excluding carboxylic acids is 1. The normalized spacial score (nSPS) is 23.7. The number of nitrogens with zero attached hydrogens (tertiary/aromatic N) is 1. The van der Waals surface area contributed by atoms with Gasteiger partial charge in [-0.3, -0.25) is 10.0 Å². The highest BCUT2D eigenvalue weighted by Crippen LogP contribution is 2.39. The first kappa shape index (κ1) is 20.6. The fraction of sp³-hybridized carbons (Fsp3) is 0.650. The topological polar surface area (TPSA) is 71.0 Å². The molecule has 2 aliphatic heterocycles. The van der Waals surface area contributed by atoms with Gasteiger partial charge in [-0.25, -0.2) is 9.79 Å². The van der Waals surface area contributed by atoms with Crippen LogP contribution in [-0.4, -0.2) is 59.7 Å². The van der Waals surface area contributed by atoms with Crippen LogP contribution < -0.4 is 5.48 Å². The van der Waals surface area contributed by atoms with Gasteiger partial charge in [-0.1, -0.05) is 42.3 Å². The van der Waals surface area contributed by atoms with E-state index in [1.807, 2.05) is 5.48 Å². The van der Waals surface area contributed by atoms with Crippen LogP contribution in [0.1, 0.15) is 32.1 Å². The molecule has 3 rings (SSSR count). The average molecular weight is 395 g/mol. The van der Waals surface area contributed by atoms with Gasteiger partial charge in [0.2, 0.25) is 0 Å². The van der Waals surface area contributed by atoms with Crippen molar-refractivity contribution in [1.82, 2.24) is 9.79 Å². The van der Waals surface area contributed by atoms with Crippen LogP contribution >= 0.6 is 11.9 Å². The van der Waals surface area contributed by atoms with Gasteiger partial charge in [0.05, 0.1) is 6.61 Å². The quantitative estimate of drug-likeness (QED) is 0.393. The van der Waals surface area contributed by atoms with E-state index < -0.39 is 4.75 Å². The Hall–Kier alpha value is -1.12. The molecule has 0 unspecified atom stereocenters. The summed E-state index contributed by atoms with van der Waals surface area (Å²) in [6.45, 7) is 4.45. The fourth-order valence-corrected chi connectivity index (χ4v) is 5.02. The molecule has 150 valence electrons. The molecule has 3 aliphatic rings. The molecule has 0 aromatic rings. The summed E-state index contributed by atoms with van der Waals surface area (Å²) in [6.07, 6.45) is 14.9. The fourth-order valence-electron chi connectivity index (χ4n) is 3.65. The zero-order chi connectivity index (χ0) is 19.0. The molecular weight excluding hydrogens is 364 g/mol. The lowest BCUT2D eigenvalue weighted by atomic mass is 9.98. The molecule has 0 saturated carbocycles. The summed E-state index contributed by atoms with van der Waals surface area (Å²) in [5.74, 6) is 0.258. The molecule has 1 amide bonds. The van der Waals surface area contributed by atoms with Crippen molar-refractivity contribution in [2.75, 3.05) is 39.5 Å². The first-order valence-corrected chi connectivity index (χ1v) is 10.6. The SMILES string of the molecule is O=C(NO)C1(SN2CCC(COCC3=CCC=CC=C3)CC2)CCOCC1. The molecule has 0 spiro atoms. The number of hydroxylamine groups is 1. The van der Waals surface area contributed by atoms with E-state index in [4.69, 9.17) is 14.7 Å². The van der Waals surface area contributed by atoms with Crippen molar-refractivity contribution in [2.45, 2.75) is 36.9 Å². The number of allylic oxidation sites excluding steroid dienone is 4. The molecule has 1 aliphatic carbocycles. The minimum absolute atomic E-state index is 0.305. The van der Waals surface area contributed by atoms with Gasteiger partial charge in [0.15, 0.2) is 0 Å². The predicted molar refractivity (Wildman–Crippen MR) is 106 cm³/mol. The van der Waals surface area contributed by atoms with Crippen molar-refractivity contribution in [1.29, 1.82) is 0 Å². The second kappa shape index (κ2) is 10.4. The predicted octanol–water partition coefficient (Wildman–Crippen LogP) is 2.86. The highest BCUT2D eigenvalue weighted by Gasteiger charge is 2.43. The smallest absolute Gasteiger partial charge is 0.261 e. The molecule has 0 bridgehead atoms. The maximum absolute atomic E-state index is 12.2. The monoisotopic (exact) mass is 394 g/mol. The van der Waals surface area contributed by atoms with Crippen LogP contribution in [0.5, 0.6) is 0 Å². The molecule has 2 saturated heterocycles. The number of ether oxygens (including phenoxy) is 2. The van der Waals surface area contributed by atoms with E-state index in [2.05, 4.69) is 34.7 Å². The Morgan fingerprint density at radius 2 is 2.11 bits per heavy atom. The summed E-state index contributed by atoms with van der Waals surface area (Å²) in [5.41, 5.74) is 3.10. The first-order valence-electron chi connectivity index (χ1n) is 9.78. The summed E-state index contributed by atoms with van der Waals surface area (Å²) in [6, 6.07) is 0. The standard InChI is InChI=1S/C20H30N2O4S/c23-19(21-24)20(9-13-25-14-10-20)27-22-11-7-18(8-12-22)16-26-15-17-5-3-1-2-4-6-17/h1-3,5-6,18,24H,4,7-16H2,(H,21,23). The van der Waals surface area contributed by atoms with Crippen LogP contribution in [0.15, 0.2) is 36.0 Å². The summed E-state index contributed by atoms with van der Waals surface area (Å²) in [5, 5.41) is 9.14. The lowest BCUT2D eigenvalue weighted by Gasteiger charge is -2.40. The third kappa shape index (κ3) is 5.93. The molecule has 2 N–H and O–H groups in total. The van der Waals surface area contributed by atoms with Crippen molar-refractivity contribution in [3.63, 3.8) is 0 Å². The lowest BCUT2D eigenvalue weighted by Crippen LogP contribution is -2.49. The first-order chi connectivity index (χ1) is 13.2. The Morgan fingerprint density at radius 1 is 1.33 bits per heavy atom. The Balaban J connectivity index is 1.40. The number of nitrogens with one attached hydrogen (secondary N) is 1. The molecule has 0 aromatic carbocycles. The van der Waals surface area contributed by atoms with Crippen molar-refractivity contribution in [3.05, 3.63) is 36.0 Å². The van der Waals surface area contributed by atoms with Crippen LogP contribution in [0.25, 0.3) is 0 Å². The third-order valence-corrected chi connectivity index (χ3v) is 6.96. The van der Waals surface area contributed by atoms with Gasteiger partial charge < -0.3 is 9.47 Å². The number of piperidine rings is 1. The summed E-state index contributed by atoms with van der Waals surface area (Å²) in [4.78, 5) is 12.2. The van der Waals surface area contributed by atoms with Gasteiger partial charge in [0.25, 0.3) is 5.91 Å². The summed E-state index contributed by atoms with van der Waals surface area (Å²) >= 11 is 1.59. The molecule has 7 heteroatoms. The third-order valence-electron chi connectivity index (χ3n) is 5.39. The van der Waals surface area contributed by atoms with Gasteiger partial charge in [-0.15, -0.1) is 0 Å². The zero-order valence-corrected chi connectivity index (χ0v) is 16.6. The van der Waals surface area contributed by atoms with Gasteiger partial charge in [-0.05, 0) is 43.6 Å². The van der Waals surface area contributed by atoms with E-state index in [0.717, 1.165) is 39.0 Å². The summed E-state index contributed by atoms with van der Waals surface area (Å²) < 4.78 is 13.0. The van der Waals surface area contributed by atoms with Crippen molar-refractivity contribution >= 4 is 17.9 Å². The van der Waals surface area contributed by atoms with Crippen LogP contribution in [0.4, 0.5) is 0 Å². The van der Waals surface area contributed by atoms with Crippen LogP contribution in [0.3, 0.4) is 0 Å². The second-order valence-corrected chi connectivity index (χ2v) is 8.81. The van der Waals surface area contributed by atoms with E-state index >= 15 is 0 Å². The highest BCUT2D eigenvalue weighted by atomic mass is 32.2. The number of hydrogen-bond acceptors (Lipinski definition) is 6. The van der Waals surface area contributed by atoms with Gasteiger partial charge in [-0.2, -0.15) is 0 Å². The van der Waals surface area contributed by atoms with Crippen molar-refractivity contribution < 1.29 is 19.5 Å². The van der Waals surface area contributed by atoms with Gasteiger partial charge in [0.1, 0.15) is 4.75 Å². The van der Waals surface area contributed by atoms with E-state index in [0.29, 0.717) is 38.6 Å². The minimum atomic E-state index is -0.608. The number of amides is 1. The van der Waals surface area contributed by atoms with E-state index in [9.17, 15) is 4.79 Å². The van der Waals surface area contributed by atoms with E-state index in [1.54, 1.807) is 11.9 Å². The van der Waals surface area contributed by atoms with Gasteiger partial charge in [0, 0.05) is 32.9 Å². The molecule has 2 heterocycles. The van der Waals surface area contributed by atoms with E-state index in [1.165, 1.54) is 5.57 Å². The average Bonchev–Trinajstić information content (AvgIpc) is 2.98. The largest absolute Gasteiger partial charge is 0.381 e. The molecule has 0 atom stereocenters. The number of carbonyl (C=O) groups is 1. The van der Waals surface area contributed by atoms with Crippen molar-refractivity contribution in [2.24, 2.45) is 5.92 Å². The van der Waals surface area contributed by atoms with Gasteiger partial charge >= 0.3 is 0 Å². The Labute approximate surface area is 165 Å². The number of hydrogen-bond donors (Lipinski definition) is 2. The van der Waals surface area contributed by atoms with Crippen LogP contribution in [-0.2, 0) is 14.3 Å². The molecule has 27 heavy (non-hydrogen) atoms. The van der Waals surface area contributed by atoms with Crippen molar-refractivity contribution in [3.8, 4) is 0 Å². The van der Waals surface area contributed by atoms with E-state index in [-0.39, 0.29) is 5.91 Å². The molecule has 2 fully saturated rings. The van der Waals surface area contributed by atoms with Crippen LogP contribution in [0.2, 0.25) is 0 Å². The highest BCUT2D eigenvalue weighted by molar-refractivity contribution is 7.99. The zero-order valence-electron chi connectivity index (χ0n) is 15.8. The minimum Gasteiger partial charge on any atom is -0.381 e. The molecule has 0 radical (unpaired) electrons. The molecule has 0 aromatic heterocycles. The lowest BCUT2D eigenvalue weighted by molar-refractivity contribution is -0.134. The Bertz CT molecular complexity index is 577. The number of rotatable bonds is 7. The maximum atomic E-state index is 12.2. The maximum Gasteiger partial charge on any atom is 0.261 e. The molecule has 6 nitrogen and oxygen atoms in total. The molecular formula is C20H30N2O4S. The van der Waals surface area contributed by atoms with Crippen LogP contribution in [0, 0.1) is 5.92 Å². The Kier molecular flexibility index (Phi) is 7.96. The second-order valence-electron chi connectivity index (χ2n) is 7.33. The Morgan fingerprint density at radius 3 is 2.85 bits per heavy atom.